The van der Waals surface area contributed by atoms with E-state index in [1.54, 1.807) is 58.9 Å². The van der Waals surface area contributed by atoms with Gasteiger partial charge in [-0.1, -0.05) is 45.9 Å². The summed E-state index contributed by atoms with van der Waals surface area (Å²) in [7, 11) is 0. The van der Waals surface area contributed by atoms with Gasteiger partial charge in [0.1, 0.15) is 11.6 Å². The number of hydrogen-bond donors (Lipinski definition) is 3. The second-order valence-electron chi connectivity index (χ2n) is 7.31. The molecule has 0 aliphatic heterocycles. The third kappa shape index (κ3) is 6.91. The molecule has 2 atom stereocenters. The summed E-state index contributed by atoms with van der Waals surface area (Å²) in [5.74, 6) is -1.68. The average molecular weight is 388 g/mol. The minimum absolute atomic E-state index is 0.121. The Hall–Kier alpha value is -3.08. The molecule has 3 N–H and O–H groups in total. The van der Waals surface area contributed by atoms with Crippen LogP contribution in [0.3, 0.4) is 0 Å². The standard InChI is InChI=1S/C20H28N4O4/c1-13(2)17(23-19(27)22-15-9-7-6-8-10-15)18(26)28-11-16(25)24-20(5,12-21)14(3)4/h6-10,13-14,17H,11H2,1-5H3,(H,24,25)(H2,22,23,27)/t17-,20+/m0/s1. The number of hydrogen-bond acceptors (Lipinski definition) is 5. The first-order valence-corrected chi connectivity index (χ1v) is 9.10. The van der Waals surface area contributed by atoms with Gasteiger partial charge in [0.15, 0.2) is 6.61 Å². The lowest BCUT2D eigenvalue weighted by molar-refractivity contribution is -0.151. The number of benzene rings is 1. The molecule has 1 aromatic carbocycles. The van der Waals surface area contributed by atoms with Crippen LogP contribution in [0, 0.1) is 23.2 Å². The largest absolute Gasteiger partial charge is 0.454 e. The van der Waals surface area contributed by atoms with Crippen molar-refractivity contribution in [3.8, 4) is 6.07 Å². The lowest BCUT2D eigenvalue weighted by Crippen LogP contribution is -2.51. The Morgan fingerprint density at radius 1 is 1.14 bits per heavy atom. The lowest BCUT2D eigenvalue weighted by atomic mass is 9.90. The molecule has 0 saturated heterocycles. The fraction of sp³-hybridized carbons (Fsp3) is 0.500. The third-order valence-corrected chi connectivity index (χ3v) is 4.37. The van der Waals surface area contributed by atoms with Crippen LogP contribution in [-0.4, -0.2) is 36.1 Å². The number of ether oxygens (including phenoxy) is 1. The Morgan fingerprint density at radius 3 is 2.25 bits per heavy atom. The van der Waals surface area contributed by atoms with Crippen LogP contribution in [0.1, 0.15) is 34.6 Å². The Labute approximate surface area is 165 Å². The molecule has 1 rings (SSSR count). The molecule has 0 bridgehead atoms. The van der Waals surface area contributed by atoms with Crippen molar-refractivity contribution < 1.29 is 19.1 Å². The van der Waals surface area contributed by atoms with Crippen molar-refractivity contribution in [2.75, 3.05) is 11.9 Å². The van der Waals surface area contributed by atoms with Gasteiger partial charge in [0.25, 0.3) is 5.91 Å². The first kappa shape index (κ1) is 23.0. The van der Waals surface area contributed by atoms with Crippen LogP contribution < -0.4 is 16.0 Å². The summed E-state index contributed by atoms with van der Waals surface area (Å²) in [6, 6.07) is 9.36. The lowest BCUT2D eigenvalue weighted by Gasteiger charge is -2.27. The fourth-order valence-electron chi connectivity index (χ4n) is 2.18. The van der Waals surface area contributed by atoms with Gasteiger partial charge < -0.3 is 20.7 Å². The van der Waals surface area contributed by atoms with Crippen molar-refractivity contribution in [1.82, 2.24) is 10.6 Å². The molecule has 8 nitrogen and oxygen atoms in total. The number of carbonyl (C=O) groups excluding carboxylic acids is 3. The molecule has 0 aliphatic rings. The molecule has 0 heterocycles. The Balaban J connectivity index is 2.62. The monoisotopic (exact) mass is 388 g/mol. The zero-order valence-corrected chi connectivity index (χ0v) is 16.9. The quantitative estimate of drug-likeness (QED) is 0.591. The molecule has 0 spiro atoms. The molecule has 1 aromatic rings. The Morgan fingerprint density at radius 2 is 1.75 bits per heavy atom. The molecule has 0 unspecified atom stereocenters. The van der Waals surface area contributed by atoms with E-state index in [1.165, 1.54) is 0 Å². The second kappa shape index (κ2) is 10.3. The maximum Gasteiger partial charge on any atom is 0.329 e. The van der Waals surface area contributed by atoms with Gasteiger partial charge >= 0.3 is 12.0 Å². The Bertz CT molecular complexity index is 727. The highest BCUT2D eigenvalue weighted by molar-refractivity contribution is 5.93. The zero-order valence-electron chi connectivity index (χ0n) is 16.9. The second-order valence-corrected chi connectivity index (χ2v) is 7.31. The van der Waals surface area contributed by atoms with E-state index >= 15 is 0 Å². The van der Waals surface area contributed by atoms with Crippen molar-refractivity contribution in [3.63, 3.8) is 0 Å². The summed E-state index contributed by atoms with van der Waals surface area (Å²) >= 11 is 0. The summed E-state index contributed by atoms with van der Waals surface area (Å²) in [5, 5.41) is 17.0. The number of anilines is 1. The van der Waals surface area contributed by atoms with Gasteiger partial charge in [-0.15, -0.1) is 0 Å². The molecule has 3 amide bonds. The van der Waals surface area contributed by atoms with Gasteiger partial charge in [-0.3, -0.25) is 4.79 Å². The topological polar surface area (TPSA) is 120 Å². The molecule has 0 aliphatic carbocycles. The fourth-order valence-corrected chi connectivity index (χ4v) is 2.18. The van der Waals surface area contributed by atoms with E-state index < -0.39 is 36.1 Å². The highest BCUT2D eigenvalue weighted by atomic mass is 16.5. The van der Waals surface area contributed by atoms with Crippen molar-refractivity contribution >= 4 is 23.6 Å². The molecule has 8 heteroatoms. The van der Waals surface area contributed by atoms with Crippen molar-refractivity contribution in [1.29, 1.82) is 5.26 Å². The van der Waals surface area contributed by atoms with Crippen molar-refractivity contribution in [2.45, 2.75) is 46.2 Å². The van der Waals surface area contributed by atoms with Crippen LogP contribution in [0.15, 0.2) is 30.3 Å². The van der Waals surface area contributed by atoms with Crippen LogP contribution in [0.2, 0.25) is 0 Å². The highest BCUT2D eigenvalue weighted by Gasteiger charge is 2.31. The number of nitrogens with zero attached hydrogens (tertiary/aromatic N) is 1. The SMILES string of the molecule is CC(C)[C@H](NC(=O)Nc1ccccc1)C(=O)OCC(=O)N[C@](C)(C#N)C(C)C. The third-order valence-electron chi connectivity index (χ3n) is 4.37. The molecule has 28 heavy (non-hydrogen) atoms. The van der Waals surface area contributed by atoms with Crippen LogP contribution in [0.25, 0.3) is 0 Å². The van der Waals surface area contributed by atoms with Gasteiger partial charge in [-0.2, -0.15) is 5.26 Å². The molecule has 0 fully saturated rings. The van der Waals surface area contributed by atoms with Crippen LogP contribution in [0.4, 0.5) is 10.5 Å². The normalized spacial score (nSPS) is 13.8. The summed E-state index contributed by atoms with van der Waals surface area (Å²) in [6.07, 6.45) is 0. The van der Waals surface area contributed by atoms with Gasteiger partial charge in [-0.25, -0.2) is 9.59 Å². The predicted molar refractivity (Wildman–Crippen MR) is 105 cm³/mol. The predicted octanol–water partition coefficient (Wildman–Crippen LogP) is 2.43. The van der Waals surface area contributed by atoms with Gasteiger partial charge in [-0.05, 0) is 30.9 Å². The van der Waals surface area contributed by atoms with Crippen molar-refractivity contribution in [2.24, 2.45) is 11.8 Å². The van der Waals surface area contributed by atoms with Gasteiger partial charge in [0, 0.05) is 5.69 Å². The first-order valence-electron chi connectivity index (χ1n) is 9.10. The first-order chi connectivity index (χ1) is 13.1. The van der Waals surface area contributed by atoms with Gasteiger partial charge in [0.2, 0.25) is 0 Å². The number of nitriles is 1. The number of para-hydroxylation sites is 1. The summed E-state index contributed by atoms with van der Waals surface area (Å²) in [6.45, 7) is 8.18. The minimum Gasteiger partial charge on any atom is -0.454 e. The number of urea groups is 1. The van der Waals surface area contributed by atoms with E-state index in [9.17, 15) is 19.6 Å². The Kier molecular flexibility index (Phi) is 8.45. The maximum atomic E-state index is 12.3. The minimum atomic E-state index is -1.06. The van der Waals surface area contributed by atoms with E-state index in [2.05, 4.69) is 16.0 Å². The number of carbonyl (C=O) groups is 3. The average Bonchev–Trinajstić information content (AvgIpc) is 2.64. The van der Waals surface area contributed by atoms with E-state index in [-0.39, 0.29) is 11.8 Å². The molecule has 0 saturated carbocycles. The summed E-state index contributed by atoms with van der Waals surface area (Å²) in [4.78, 5) is 36.5. The van der Waals surface area contributed by atoms with Crippen LogP contribution in [0.5, 0.6) is 0 Å². The molecular formula is C20H28N4O4. The smallest absolute Gasteiger partial charge is 0.329 e. The number of amides is 3. The highest BCUT2D eigenvalue weighted by Crippen LogP contribution is 2.15. The van der Waals surface area contributed by atoms with Crippen molar-refractivity contribution in [3.05, 3.63) is 30.3 Å². The van der Waals surface area contributed by atoms with Crippen LogP contribution in [-0.2, 0) is 14.3 Å². The van der Waals surface area contributed by atoms with Gasteiger partial charge in [0.05, 0.1) is 6.07 Å². The zero-order chi connectivity index (χ0) is 21.3. The van der Waals surface area contributed by atoms with E-state index in [0.29, 0.717) is 5.69 Å². The number of rotatable bonds is 8. The summed E-state index contributed by atoms with van der Waals surface area (Å²) in [5.41, 5.74) is -0.478. The summed E-state index contributed by atoms with van der Waals surface area (Å²) < 4.78 is 5.05. The number of nitrogens with one attached hydrogen (secondary N) is 3. The number of esters is 1. The molecule has 152 valence electrons. The van der Waals surface area contributed by atoms with E-state index in [4.69, 9.17) is 4.74 Å². The van der Waals surface area contributed by atoms with E-state index in [1.807, 2.05) is 12.1 Å². The van der Waals surface area contributed by atoms with E-state index in [0.717, 1.165) is 0 Å². The van der Waals surface area contributed by atoms with Crippen LogP contribution >= 0.6 is 0 Å². The molecule has 0 radical (unpaired) electrons. The maximum absolute atomic E-state index is 12.3. The molecular weight excluding hydrogens is 360 g/mol. The molecule has 0 aromatic heterocycles.